The number of carbonyl (C=O) groups excluding carboxylic acids is 1. The number of carboxylic acid groups (broad SMARTS) is 1. The first kappa shape index (κ1) is 16.0. The lowest BCUT2D eigenvalue weighted by atomic mass is 10.1. The molecule has 1 aromatic rings. The number of hydrogen-bond acceptors (Lipinski definition) is 2. The molecular weight excluding hydrogens is 256 g/mol. The fourth-order valence-corrected chi connectivity index (χ4v) is 1.96. The molecule has 110 valence electrons. The van der Waals surface area contributed by atoms with Crippen LogP contribution in [0.25, 0.3) is 0 Å². The molecule has 0 bridgehead atoms. The number of carbonyl (C=O) groups is 2. The van der Waals surface area contributed by atoms with Gasteiger partial charge in [0.1, 0.15) is 0 Å². The van der Waals surface area contributed by atoms with Gasteiger partial charge in [0, 0.05) is 18.8 Å². The van der Waals surface area contributed by atoms with Gasteiger partial charge in [0.15, 0.2) is 0 Å². The monoisotopic (exact) mass is 278 g/mol. The summed E-state index contributed by atoms with van der Waals surface area (Å²) in [5.41, 5.74) is 2.76. The third-order valence-corrected chi connectivity index (χ3v) is 3.30. The summed E-state index contributed by atoms with van der Waals surface area (Å²) in [7, 11) is 0. The van der Waals surface area contributed by atoms with E-state index in [9.17, 15) is 9.59 Å². The number of carboxylic acids is 1. The highest BCUT2D eigenvalue weighted by Gasteiger charge is 2.20. The lowest BCUT2D eigenvalue weighted by molar-refractivity contribution is -0.141. The molecule has 5 heteroatoms. The van der Waals surface area contributed by atoms with E-state index in [-0.39, 0.29) is 12.6 Å². The number of aliphatic carboxylic acids is 1. The maximum absolute atomic E-state index is 12.2. The van der Waals surface area contributed by atoms with Crippen molar-refractivity contribution in [2.24, 2.45) is 5.92 Å². The highest BCUT2D eigenvalue weighted by Crippen LogP contribution is 2.20. The van der Waals surface area contributed by atoms with E-state index in [1.807, 2.05) is 39.0 Å². The van der Waals surface area contributed by atoms with Gasteiger partial charge in [-0.05, 0) is 31.9 Å². The number of nitrogens with one attached hydrogen (secondary N) is 1. The summed E-state index contributed by atoms with van der Waals surface area (Å²) in [6, 6.07) is 5.53. The SMILES string of the molecule is CCN(CC(C)C(=O)O)C(=O)Nc1c(C)cccc1C. The van der Waals surface area contributed by atoms with Gasteiger partial charge in [0.2, 0.25) is 0 Å². The third kappa shape index (κ3) is 3.98. The molecule has 0 spiro atoms. The summed E-state index contributed by atoms with van der Waals surface area (Å²) >= 11 is 0. The van der Waals surface area contributed by atoms with Gasteiger partial charge in [-0.25, -0.2) is 4.79 Å². The summed E-state index contributed by atoms with van der Waals surface area (Å²) in [5, 5.41) is 11.8. The van der Waals surface area contributed by atoms with E-state index in [0.29, 0.717) is 6.54 Å². The predicted octanol–water partition coefficient (Wildman–Crippen LogP) is 2.88. The van der Waals surface area contributed by atoms with E-state index in [0.717, 1.165) is 16.8 Å². The second-order valence-corrected chi connectivity index (χ2v) is 4.97. The average molecular weight is 278 g/mol. The van der Waals surface area contributed by atoms with Crippen molar-refractivity contribution in [2.75, 3.05) is 18.4 Å². The van der Waals surface area contributed by atoms with Gasteiger partial charge in [-0.1, -0.05) is 25.1 Å². The van der Waals surface area contributed by atoms with Crippen LogP contribution in [-0.4, -0.2) is 35.1 Å². The van der Waals surface area contributed by atoms with Gasteiger partial charge in [-0.3, -0.25) is 4.79 Å². The number of urea groups is 1. The zero-order valence-corrected chi connectivity index (χ0v) is 12.4. The second kappa shape index (κ2) is 6.93. The number of rotatable bonds is 5. The maximum Gasteiger partial charge on any atom is 0.321 e. The molecule has 0 aliphatic heterocycles. The zero-order chi connectivity index (χ0) is 15.3. The van der Waals surface area contributed by atoms with Crippen molar-refractivity contribution in [3.05, 3.63) is 29.3 Å². The number of benzene rings is 1. The molecule has 1 atom stereocenters. The number of para-hydroxylation sites is 1. The van der Waals surface area contributed by atoms with Crippen LogP contribution in [0.1, 0.15) is 25.0 Å². The molecule has 2 N–H and O–H groups in total. The molecule has 2 amide bonds. The Hall–Kier alpha value is -2.04. The third-order valence-electron chi connectivity index (χ3n) is 3.30. The molecular formula is C15H22N2O3. The van der Waals surface area contributed by atoms with Crippen LogP contribution in [0, 0.1) is 19.8 Å². The number of amides is 2. The van der Waals surface area contributed by atoms with Crippen molar-refractivity contribution >= 4 is 17.7 Å². The summed E-state index contributed by atoms with van der Waals surface area (Å²) in [5.74, 6) is -1.48. The molecule has 20 heavy (non-hydrogen) atoms. The predicted molar refractivity (Wildman–Crippen MR) is 79.0 cm³/mol. The minimum Gasteiger partial charge on any atom is -0.481 e. The smallest absolute Gasteiger partial charge is 0.321 e. The molecule has 1 aromatic carbocycles. The fourth-order valence-electron chi connectivity index (χ4n) is 1.96. The summed E-state index contributed by atoms with van der Waals surface area (Å²) < 4.78 is 0. The van der Waals surface area contributed by atoms with Crippen LogP contribution in [0.2, 0.25) is 0 Å². The summed E-state index contributed by atoms with van der Waals surface area (Å²) in [6.45, 7) is 7.95. The summed E-state index contributed by atoms with van der Waals surface area (Å²) in [6.07, 6.45) is 0. The zero-order valence-electron chi connectivity index (χ0n) is 12.4. The highest BCUT2D eigenvalue weighted by atomic mass is 16.4. The Morgan fingerprint density at radius 2 is 1.85 bits per heavy atom. The van der Waals surface area contributed by atoms with E-state index >= 15 is 0 Å². The van der Waals surface area contributed by atoms with Crippen LogP contribution >= 0.6 is 0 Å². The molecule has 0 saturated carbocycles. The van der Waals surface area contributed by atoms with Crippen molar-refractivity contribution < 1.29 is 14.7 Å². The minimum absolute atomic E-state index is 0.197. The van der Waals surface area contributed by atoms with E-state index in [2.05, 4.69) is 5.32 Å². The van der Waals surface area contributed by atoms with Crippen LogP contribution in [0.5, 0.6) is 0 Å². The minimum atomic E-state index is -0.900. The second-order valence-electron chi connectivity index (χ2n) is 4.97. The first-order valence-corrected chi connectivity index (χ1v) is 6.71. The molecule has 5 nitrogen and oxygen atoms in total. The molecule has 1 rings (SSSR count). The fraction of sp³-hybridized carbons (Fsp3) is 0.467. The maximum atomic E-state index is 12.2. The average Bonchev–Trinajstić information content (AvgIpc) is 2.39. The van der Waals surface area contributed by atoms with E-state index in [1.54, 1.807) is 6.92 Å². The van der Waals surface area contributed by atoms with Gasteiger partial charge in [-0.15, -0.1) is 0 Å². The van der Waals surface area contributed by atoms with E-state index in [4.69, 9.17) is 5.11 Å². The van der Waals surface area contributed by atoms with E-state index in [1.165, 1.54) is 4.90 Å². The summed E-state index contributed by atoms with van der Waals surface area (Å²) in [4.78, 5) is 24.6. The van der Waals surface area contributed by atoms with Crippen LogP contribution in [0.3, 0.4) is 0 Å². The lowest BCUT2D eigenvalue weighted by Gasteiger charge is -2.24. The van der Waals surface area contributed by atoms with Crippen molar-refractivity contribution in [3.63, 3.8) is 0 Å². The molecule has 0 saturated heterocycles. The Kier molecular flexibility index (Phi) is 5.55. The standard InChI is InChI=1S/C15H22N2O3/c1-5-17(9-12(4)14(18)19)15(20)16-13-10(2)7-6-8-11(13)3/h6-8,12H,5,9H2,1-4H3,(H,16,20)(H,18,19). The molecule has 0 radical (unpaired) electrons. The normalized spacial score (nSPS) is 11.8. The number of nitrogens with zero attached hydrogens (tertiary/aromatic N) is 1. The van der Waals surface area contributed by atoms with Gasteiger partial charge in [0.25, 0.3) is 0 Å². The number of anilines is 1. The highest BCUT2D eigenvalue weighted by molar-refractivity contribution is 5.91. The van der Waals surface area contributed by atoms with Crippen molar-refractivity contribution in [1.82, 2.24) is 4.90 Å². The molecule has 0 aliphatic carbocycles. The number of aryl methyl sites for hydroxylation is 2. The Labute approximate surface area is 119 Å². The molecule has 1 unspecified atom stereocenters. The first-order chi connectivity index (χ1) is 9.36. The molecule has 0 fully saturated rings. The van der Waals surface area contributed by atoms with Crippen molar-refractivity contribution in [3.8, 4) is 0 Å². The van der Waals surface area contributed by atoms with Crippen molar-refractivity contribution in [2.45, 2.75) is 27.7 Å². The lowest BCUT2D eigenvalue weighted by Crippen LogP contribution is -2.39. The molecule has 0 aliphatic rings. The Bertz CT molecular complexity index is 480. The van der Waals surface area contributed by atoms with Gasteiger partial charge < -0.3 is 15.3 Å². The largest absolute Gasteiger partial charge is 0.481 e. The quantitative estimate of drug-likeness (QED) is 0.870. The Balaban J connectivity index is 2.80. The van der Waals surface area contributed by atoms with Crippen LogP contribution in [0.15, 0.2) is 18.2 Å². The van der Waals surface area contributed by atoms with Gasteiger partial charge in [0.05, 0.1) is 5.92 Å². The van der Waals surface area contributed by atoms with Crippen LogP contribution in [-0.2, 0) is 4.79 Å². The molecule has 0 aromatic heterocycles. The molecule has 0 heterocycles. The van der Waals surface area contributed by atoms with Crippen LogP contribution in [0.4, 0.5) is 10.5 Å². The Morgan fingerprint density at radius 1 is 1.30 bits per heavy atom. The van der Waals surface area contributed by atoms with Crippen LogP contribution < -0.4 is 5.32 Å². The Morgan fingerprint density at radius 3 is 2.30 bits per heavy atom. The van der Waals surface area contributed by atoms with E-state index < -0.39 is 11.9 Å². The topological polar surface area (TPSA) is 69.6 Å². The first-order valence-electron chi connectivity index (χ1n) is 6.71. The van der Waals surface area contributed by atoms with Gasteiger partial charge >= 0.3 is 12.0 Å². The van der Waals surface area contributed by atoms with Gasteiger partial charge in [-0.2, -0.15) is 0 Å². The number of hydrogen-bond donors (Lipinski definition) is 2. The van der Waals surface area contributed by atoms with Crippen molar-refractivity contribution in [1.29, 1.82) is 0 Å².